The Kier molecular flexibility index (Phi) is 3.50. The Morgan fingerprint density at radius 2 is 2.11 bits per heavy atom. The first-order valence-electron chi connectivity index (χ1n) is 6.06. The van der Waals surface area contributed by atoms with E-state index in [9.17, 15) is 4.79 Å². The predicted molar refractivity (Wildman–Crippen MR) is 68.0 cm³/mol. The van der Waals surface area contributed by atoms with Crippen LogP contribution in [0.2, 0.25) is 0 Å². The van der Waals surface area contributed by atoms with E-state index in [2.05, 4.69) is 15.1 Å². The molecule has 2 heterocycles. The van der Waals surface area contributed by atoms with Crippen molar-refractivity contribution in [2.75, 3.05) is 0 Å². The molecule has 0 aromatic carbocycles. The second-order valence-corrected chi connectivity index (χ2v) is 4.09. The summed E-state index contributed by atoms with van der Waals surface area (Å²) < 4.78 is 1.77. The van der Waals surface area contributed by atoms with Gasteiger partial charge in [0.2, 0.25) is 0 Å². The zero-order chi connectivity index (χ0) is 13.1. The van der Waals surface area contributed by atoms with Crippen LogP contribution in [-0.2, 0) is 12.8 Å². The molecule has 0 amide bonds. The highest BCUT2D eigenvalue weighted by Gasteiger charge is 2.12. The molecule has 0 unspecified atom stereocenters. The van der Waals surface area contributed by atoms with Crippen molar-refractivity contribution in [2.45, 2.75) is 33.6 Å². The third-order valence-corrected chi connectivity index (χ3v) is 2.76. The molecule has 0 saturated carbocycles. The molecular weight excluding hydrogens is 228 g/mol. The third-order valence-electron chi connectivity index (χ3n) is 2.76. The van der Waals surface area contributed by atoms with Crippen molar-refractivity contribution in [3.05, 3.63) is 35.0 Å². The van der Waals surface area contributed by atoms with Crippen molar-refractivity contribution in [3.63, 3.8) is 0 Å². The monoisotopic (exact) mass is 244 g/mol. The number of carbonyl (C=O) groups is 1. The van der Waals surface area contributed by atoms with Crippen molar-refractivity contribution in [1.29, 1.82) is 0 Å². The Labute approximate surface area is 106 Å². The van der Waals surface area contributed by atoms with Gasteiger partial charge in [0.1, 0.15) is 5.82 Å². The van der Waals surface area contributed by atoms with Crippen molar-refractivity contribution in [2.24, 2.45) is 0 Å². The van der Waals surface area contributed by atoms with Gasteiger partial charge in [-0.05, 0) is 18.6 Å². The first-order valence-corrected chi connectivity index (χ1v) is 6.06. The van der Waals surface area contributed by atoms with Gasteiger partial charge in [-0.15, -0.1) is 5.10 Å². The molecule has 0 fully saturated rings. The normalized spacial score (nSPS) is 10.6. The maximum Gasteiger partial charge on any atom is 0.158 e. The Morgan fingerprint density at radius 3 is 2.67 bits per heavy atom. The number of pyridine rings is 1. The molecule has 0 aliphatic rings. The summed E-state index contributed by atoms with van der Waals surface area (Å²) in [5.41, 5.74) is 1.49. The van der Waals surface area contributed by atoms with E-state index in [4.69, 9.17) is 0 Å². The Bertz CT molecular complexity index is 574. The van der Waals surface area contributed by atoms with E-state index in [1.54, 1.807) is 10.9 Å². The lowest BCUT2D eigenvalue weighted by atomic mass is 10.2. The van der Waals surface area contributed by atoms with E-state index in [0.29, 0.717) is 5.56 Å². The molecule has 0 aliphatic carbocycles. The molecular formula is C13H16N4O. The van der Waals surface area contributed by atoms with Gasteiger partial charge in [-0.3, -0.25) is 4.79 Å². The van der Waals surface area contributed by atoms with Crippen molar-refractivity contribution in [3.8, 4) is 5.82 Å². The number of carbonyl (C=O) groups excluding carboxylic acids is 1. The molecule has 2 aromatic rings. The molecule has 0 saturated heterocycles. The van der Waals surface area contributed by atoms with Crippen LogP contribution in [0, 0.1) is 6.92 Å². The minimum absolute atomic E-state index is 0.574. The third kappa shape index (κ3) is 2.16. The van der Waals surface area contributed by atoms with Crippen LogP contribution in [0.5, 0.6) is 0 Å². The average Bonchev–Trinajstić information content (AvgIpc) is 2.81. The summed E-state index contributed by atoms with van der Waals surface area (Å²) in [7, 11) is 0. The van der Waals surface area contributed by atoms with E-state index in [-0.39, 0.29) is 0 Å². The lowest BCUT2D eigenvalue weighted by Gasteiger charge is -2.06. The number of hydrogen-bond donors (Lipinski definition) is 0. The van der Waals surface area contributed by atoms with E-state index in [1.807, 2.05) is 26.8 Å². The number of rotatable bonds is 4. The molecule has 5 heteroatoms. The van der Waals surface area contributed by atoms with Gasteiger partial charge in [0, 0.05) is 24.6 Å². The lowest BCUT2D eigenvalue weighted by Crippen LogP contribution is -2.07. The van der Waals surface area contributed by atoms with Crippen molar-refractivity contribution >= 4 is 6.29 Å². The van der Waals surface area contributed by atoms with Crippen molar-refractivity contribution < 1.29 is 4.79 Å². The standard InChI is InChI=1S/C13H16N4O/c1-4-11-15-12(5-2)17(16-11)13-9(3)6-10(8-18)7-14-13/h6-8H,4-5H2,1-3H3. The molecule has 2 rings (SSSR count). The molecule has 0 radical (unpaired) electrons. The zero-order valence-corrected chi connectivity index (χ0v) is 10.8. The highest BCUT2D eigenvalue weighted by Crippen LogP contribution is 2.14. The van der Waals surface area contributed by atoms with Gasteiger partial charge in [-0.25, -0.2) is 9.97 Å². The van der Waals surface area contributed by atoms with Gasteiger partial charge in [-0.1, -0.05) is 13.8 Å². The fraction of sp³-hybridized carbons (Fsp3) is 0.385. The van der Waals surface area contributed by atoms with E-state index < -0.39 is 0 Å². The first-order chi connectivity index (χ1) is 8.69. The summed E-state index contributed by atoms with van der Waals surface area (Å²) in [4.78, 5) is 19.5. The molecule has 5 nitrogen and oxygen atoms in total. The van der Waals surface area contributed by atoms with E-state index >= 15 is 0 Å². The number of aldehydes is 1. The summed E-state index contributed by atoms with van der Waals surface area (Å²) in [6.45, 7) is 5.98. The number of hydrogen-bond acceptors (Lipinski definition) is 4. The molecule has 0 spiro atoms. The van der Waals surface area contributed by atoms with Crippen LogP contribution in [0.1, 0.15) is 41.4 Å². The quantitative estimate of drug-likeness (QED) is 0.771. The maximum atomic E-state index is 10.7. The van der Waals surface area contributed by atoms with Gasteiger partial charge in [-0.2, -0.15) is 4.68 Å². The van der Waals surface area contributed by atoms with Crippen LogP contribution >= 0.6 is 0 Å². The molecule has 0 bridgehead atoms. The SMILES string of the molecule is CCc1nc(CC)n(-c2ncc(C=O)cc2C)n1. The fourth-order valence-electron chi connectivity index (χ4n) is 1.82. The van der Waals surface area contributed by atoms with Crippen LogP contribution in [0.25, 0.3) is 5.82 Å². The Hall–Kier alpha value is -2.04. The van der Waals surface area contributed by atoms with E-state index in [0.717, 1.165) is 42.2 Å². The summed E-state index contributed by atoms with van der Waals surface area (Å²) in [6, 6.07) is 1.81. The van der Waals surface area contributed by atoms with Crippen LogP contribution in [0.15, 0.2) is 12.3 Å². The van der Waals surface area contributed by atoms with Gasteiger partial charge in [0.05, 0.1) is 0 Å². The van der Waals surface area contributed by atoms with Crippen LogP contribution in [0.4, 0.5) is 0 Å². The zero-order valence-electron chi connectivity index (χ0n) is 10.8. The largest absolute Gasteiger partial charge is 0.298 e. The predicted octanol–water partition coefficient (Wildman–Crippen LogP) is 1.91. The topological polar surface area (TPSA) is 60.7 Å². The number of aromatic nitrogens is 4. The highest BCUT2D eigenvalue weighted by molar-refractivity contribution is 5.74. The minimum Gasteiger partial charge on any atom is -0.298 e. The van der Waals surface area contributed by atoms with Crippen LogP contribution in [0.3, 0.4) is 0 Å². The maximum absolute atomic E-state index is 10.7. The van der Waals surface area contributed by atoms with Gasteiger partial charge in [0.15, 0.2) is 17.9 Å². The molecule has 94 valence electrons. The van der Waals surface area contributed by atoms with Crippen molar-refractivity contribution in [1.82, 2.24) is 19.7 Å². The summed E-state index contributed by atoms with van der Waals surface area (Å²) in [6.07, 6.45) is 3.94. The Balaban J connectivity index is 2.53. The van der Waals surface area contributed by atoms with Gasteiger partial charge in [0.25, 0.3) is 0 Å². The molecule has 0 atom stereocenters. The van der Waals surface area contributed by atoms with Gasteiger partial charge < -0.3 is 0 Å². The lowest BCUT2D eigenvalue weighted by molar-refractivity contribution is 0.112. The molecule has 0 N–H and O–H groups in total. The van der Waals surface area contributed by atoms with Crippen LogP contribution in [-0.4, -0.2) is 26.0 Å². The number of aryl methyl sites for hydroxylation is 3. The second-order valence-electron chi connectivity index (χ2n) is 4.09. The van der Waals surface area contributed by atoms with Crippen LogP contribution < -0.4 is 0 Å². The molecule has 18 heavy (non-hydrogen) atoms. The molecule has 2 aromatic heterocycles. The van der Waals surface area contributed by atoms with E-state index in [1.165, 1.54) is 0 Å². The summed E-state index contributed by atoms with van der Waals surface area (Å²) in [5, 5.41) is 4.44. The van der Waals surface area contributed by atoms with Gasteiger partial charge >= 0.3 is 0 Å². The molecule has 0 aliphatic heterocycles. The number of nitrogens with zero attached hydrogens (tertiary/aromatic N) is 4. The second kappa shape index (κ2) is 5.08. The smallest absolute Gasteiger partial charge is 0.158 e. The minimum atomic E-state index is 0.574. The fourth-order valence-corrected chi connectivity index (χ4v) is 1.82. The Morgan fingerprint density at radius 1 is 1.33 bits per heavy atom. The first kappa shape index (κ1) is 12.4. The summed E-state index contributed by atoms with van der Waals surface area (Å²) >= 11 is 0. The summed E-state index contributed by atoms with van der Waals surface area (Å²) in [5.74, 6) is 2.44. The highest BCUT2D eigenvalue weighted by atomic mass is 16.1. The average molecular weight is 244 g/mol.